The van der Waals surface area contributed by atoms with Gasteiger partial charge in [-0.05, 0) is 31.0 Å². The number of halogens is 2. The van der Waals surface area contributed by atoms with Crippen molar-refractivity contribution in [3.05, 3.63) is 29.6 Å². The minimum Gasteiger partial charge on any atom is -0.333 e. The maximum atomic E-state index is 14.2. The van der Waals surface area contributed by atoms with Crippen LogP contribution in [0, 0.1) is 11.7 Å². The van der Waals surface area contributed by atoms with Crippen LogP contribution in [0.4, 0.5) is 10.1 Å². The summed E-state index contributed by atoms with van der Waals surface area (Å²) in [5, 5.41) is 5.76. The van der Waals surface area contributed by atoms with Crippen molar-refractivity contribution in [1.82, 2.24) is 10.2 Å². The summed E-state index contributed by atoms with van der Waals surface area (Å²) in [6.07, 6.45) is 0.332. The zero-order chi connectivity index (χ0) is 17.0. The summed E-state index contributed by atoms with van der Waals surface area (Å²) >= 11 is 0. The van der Waals surface area contributed by atoms with Crippen molar-refractivity contribution in [2.75, 3.05) is 25.0 Å². The van der Waals surface area contributed by atoms with Crippen molar-refractivity contribution in [2.45, 2.75) is 33.2 Å². The van der Waals surface area contributed by atoms with Gasteiger partial charge < -0.3 is 15.5 Å². The Hall–Kier alpha value is -1.66. The minimum absolute atomic E-state index is 0. The monoisotopic (exact) mass is 357 g/mol. The van der Waals surface area contributed by atoms with Crippen LogP contribution in [0.5, 0.6) is 0 Å². The number of rotatable bonds is 4. The molecule has 7 heteroatoms. The van der Waals surface area contributed by atoms with E-state index in [1.54, 1.807) is 11.0 Å². The van der Waals surface area contributed by atoms with Crippen molar-refractivity contribution >= 4 is 29.9 Å². The van der Waals surface area contributed by atoms with Crippen molar-refractivity contribution < 1.29 is 14.0 Å². The summed E-state index contributed by atoms with van der Waals surface area (Å²) in [7, 11) is 0. The number of amides is 2. The van der Waals surface area contributed by atoms with Gasteiger partial charge in [-0.25, -0.2) is 4.39 Å². The number of anilines is 1. The fraction of sp³-hybridized carbons (Fsp3) is 0.529. The van der Waals surface area contributed by atoms with Gasteiger partial charge in [0.05, 0.1) is 5.69 Å². The zero-order valence-corrected chi connectivity index (χ0v) is 15.1. The van der Waals surface area contributed by atoms with Gasteiger partial charge in [-0.2, -0.15) is 0 Å². The molecule has 24 heavy (non-hydrogen) atoms. The molecule has 1 fully saturated rings. The molecule has 1 aliphatic heterocycles. The molecule has 0 saturated carbocycles. The lowest BCUT2D eigenvalue weighted by Gasteiger charge is -2.34. The van der Waals surface area contributed by atoms with E-state index >= 15 is 0 Å². The van der Waals surface area contributed by atoms with Gasteiger partial charge in [0, 0.05) is 37.7 Å². The normalized spacial score (nSPS) is 17.4. The lowest BCUT2D eigenvalue weighted by Crippen LogP contribution is -2.52. The predicted molar refractivity (Wildman–Crippen MR) is 95.1 cm³/mol. The van der Waals surface area contributed by atoms with Crippen molar-refractivity contribution in [3.63, 3.8) is 0 Å². The minimum atomic E-state index is -0.587. The zero-order valence-electron chi connectivity index (χ0n) is 14.3. The van der Waals surface area contributed by atoms with E-state index in [2.05, 4.69) is 10.6 Å². The second-order valence-electron chi connectivity index (χ2n) is 6.39. The van der Waals surface area contributed by atoms with Crippen molar-refractivity contribution in [3.8, 4) is 0 Å². The molecule has 0 aromatic heterocycles. The van der Waals surface area contributed by atoms with Crippen LogP contribution in [-0.4, -0.2) is 42.4 Å². The molecule has 1 aromatic rings. The summed E-state index contributed by atoms with van der Waals surface area (Å²) < 4.78 is 14.2. The van der Waals surface area contributed by atoms with Gasteiger partial charge in [-0.15, -0.1) is 12.4 Å². The van der Waals surface area contributed by atoms with Crippen LogP contribution < -0.4 is 10.6 Å². The molecule has 134 valence electrons. The van der Waals surface area contributed by atoms with E-state index in [9.17, 15) is 14.0 Å². The van der Waals surface area contributed by atoms with Crippen LogP contribution in [-0.2, 0) is 4.79 Å². The topological polar surface area (TPSA) is 61.4 Å². The first-order valence-corrected chi connectivity index (χ1v) is 7.99. The van der Waals surface area contributed by atoms with Gasteiger partial charge in [-0.1, -0.05) is 13.8 Å². The fourth-order valence-corrected chi connectivity index (χ4v) is 2.63. The number of carbonyl (C=O) groups excluding carboxylic acids is 2. The standard InChI is InChI=1S/C17H24FN3O2.ClH/c1-11(2)8-16(22)20-15-5-4-13(9-14(15)18)17(23)21-7-6-19-10-12(21)3;/h4-5,9,11-12,19H,6-8,10H2,1-3H3,(H,20,22);1H/t12-;/m1./s1. The Morgan fingerprint density at radius 2 is 2.12 bits per heavy atom. The third kappa shape index (κ3) is 5.18. The molecule has 2 N–H and O–H groups in total. The molecule has 2 rings (SSSR count). The van der Waals surface area contributed by atoms with Gasteiger partial charge in [0.2, 0.25) is 5.91 Å². The molecule has 1 heterocycles. The van der Waals surface area contributed by atoms with Crippen LogP contribution in [0.15, 0.2) is 18.2 Å². The molecule has 0 spiro atoms. The number of carbonyl (C=O) groups is 2. The van der Waals surface area contributed by atoms with E-state index in [1.165, 1.54) is 12.1 Å². The molecule has 1 aromatic carbocycles. The molecule has 1 aliphatic rings. The number of benzene rings is 1. The fourth-order valence-electron chi connectivity index (χ4n) is 2.63. The average molecular weight is 358 g/mol. The Bertz CT molecular complexity index is 595. The second-order valence-corrected chi connectivity index (χ2v) is 6.39. The Kier molecular flexibility index (Phi) is 7.63. The molecular formula is C17H25ClFN3O2. The van der Waals surface area contributed by atoms with Crippen LogP contribution in [0.1, 0.15) is 37.6 Å². The van der Waals surface area contributed by atoms with Crippen LogP contribution in [0.25, 0.3) is 0 Å². The highest BCUT2D eigenvalue weighted by Gasteiger charge is 2.24. The largest absolute Gasteiger partial charge is 0.333 e. The van der Waals surface area contributed by atoms with E-state index in [0.717, 1.165) is 13.1 Å². The van der Waals surface area contributed by atoms with Crippen molar-refractivity contribution in [1.29, 1.82) is 0 Å². The van der Waals surface area contributed by atoms with Crippen LogP contribution in [0.2, 0.25) is 0 Å². The van der Waals surface area contributed by atoms with E-state index in [-0.39, 0.29) is 41.9 Å². The van der Waals surface area contributed by atoms with Gasteiger partial charge in [0.15, 0.2) is 0 Å². The Morgan fingerprint density at radius 1 is 1.42 bits per heavy atom. The first-order chi connectivity index (χ1) is 10.9. The predicted octanol–water partition coefficient (Wildman–Crippen LogP) is 2.67. The molecule has 0 radical (unpaired) electrons. The van der Waals surface area contributed by atoms with E-state index in [4.69, 9.17) is 0 Å². The molecule has 0 unspecified atom stereocenters. The molecular weight excluding hydrogens is 333 g/mol. The Labute approximate surface area is 148 Å². The molecule has 0 aliphatic carbocycles. The molecule has 1 saturated heterocycles. The second kappa shape index (κ2) is 8.99. The number of hydrogen-bond acceptors (Lipinski definition) is 3. The summed E-state index contributed by atoms with van der Waals surface area (Å²) in [6, 6.07) is 4.28. The molecule has 2 amide bonds. The summed E-state index contributed by atoms with van der Waals surface area (Å²) in [5.74, 6) is -0.796. The Balaban J connectivity index is 0.00000288. The third-order valence-electron chi connectivity index (χ3n) is 3.85. The number of piperazine rings is 1. The van der Waals surface area contributed by atoms with E-state index < -0.39 is 5.82 Å². The summed E-state index contributed by atoms with van der Waals surface area (Å²) in [4.78, 5) is 25.9. The maximum absolute atomic E-state index is 14.2. The molecule has 1 atom stereocenters. The van der Waals surface area contributed by atoms with Crippen molar-refractivity contribution in [2.24, 2.45) is 5.92 Å². The van der Waals surface area contributed by atoms with Gasteiger partial charge in [0.25, 0.3) is 5.91 Å². The van der Waals surface area contributed by atoms with Gasteiger partial charge >= 0.3 is 0 Å². The quantitative estimate of drug-likeness (QED) is 0.870. The lowest BCUT2D eigenvalue weighted by atomic mass is 10.1. The first-order valence-electron chi connectivity index (χ1n) is 7.99. The highest BCUT2D eigenvalue weighted by Crippen LogP contribution is 2.19. The third-order valence-corrected chi connectivity index (χ3v) is 3.85. The van der Waals surface area contributed by atoms with Gasteiger partial charge in [-0.3, -0.25) is 9.59 Å². The highest BCUT2D eigenvalue weighted by atomic mass is 35.5. The number of hydrogen-bond donors (Lipinski definition) is 2. The average Bonchev–Trinajstić information content (AvgIpc) is 2.48. The molecule has 0 bridgehead atoms. The number of nitrogens with zero attached hydrogens (tertiary/aromatic N) is 1. The SMILES string of the molecule is CC(C)CC(=O)Nc1ccc(C(=O)N2CCNC[C@H]2C)cc1F.Cl. The van der Waals surface area contributed by atoms with Crippen LogP contribution in [0.3, 0.4) is 0 Å². The Morgan fingerprint density at radius 3 is 2.71 bits per heavy atom. The smallest absolute Gasteiger partial charge is 0.254 e. The van der Waals surface area contributed by atoms with Gasteiger partial charge in [0.1, 0.15) is 5.82 Å². The van der Waals surface area contributed by atoms with Crippen LogP contribution >= 0.6 is 12.4 Å². The summed E-state index contributed by atoms with van der Waals surface area (Å²) in [6.45, 7) is 7.88. The van der Waals surface area contributed by atoms with E-state index in [0.29, 0.717) is 18.5 Å². The molecule has 5 nitrogen and oxygen atoms in total. The number of nitrogens with one attached hydrogen (secondary N) is 2. The highest BCUT2D eigenvalue weighted by molar-refractivity contribution is 5.96. The van der Waals surface area contributed by atoms with E-state index in [1.807, 2.05) is 20.8 Å². The lowest BCUT2D eigenvalue weighted by molar-refractivity contribution is -0.116. The maximum Gasteiger partial charge on any atom is 0.254 e. The summed E-state index contributed by atoms with van der Waals surface area (Å²) in [5.41, 5.74) is 0.415. The first kappa shape index (κ1) is 20.4.